The van der Waals surface area contributed by atoms with Crippen LogP contribution in [0.5, 0.6) is 5.75 Å². The summed E-state index contributed by atoms with van der Waals surface area (Å²) in [6, 6.07) is 6.69. The van der Waals surface area contributed by atoms with Gasteiger partial charge in [0.25, 0.3) is 5.91 Å². The Hall–Kier alpha value is -2.30. The molecule has 5 heteroatoms. The summed E-state index contributed by atoms with van der Waals surface area (Å²) in [5.41, 5.74) is -0.365. The van der Waals surface area contributed by atoms with Crippen molar-refractivity contribution in [1.29, 1.82) is 0 Å². The second kappa shape index (κ2) is 4.91. The molecule has 0 saturated heterocycles. The Labute approximate surface area is 103 Å². The van der Waals surface area contributed by atoms with Crippen molar-refractivity contribution in [2.45, 2.75) is 13.0 Å². The maximum absolute atomic E-state index is 13.4. The van der Waals surface area contributed by atoms with Gasteiger partial charge in [-0.1, -0.05) is 6.07 Å². The highest BCUT2D eigenvalue weighted by Crippen LogP contribution is 2.21. The number of furan rings is 1. The fraction of sp³-hybridized carbons (Fsp3) is 0.154. The van der Waals surface area contributed by atoms with Gasteiger partial charge in [-0.15, -0.1) is 0 Å². The number of aromatic hydroxyl groups is 1. The van der Waals surface area contributed by atoms with Gasteiger partial charge in [0, 0.05) is 0 Å². The van der Waals surface area contributed by atoms with Crippen LogP contribution in [0.1, 0.15) is 29.1 Å². The SMILES string of the molecule is C[C@H](NC(=O)c1c(O)cccc1F)c1ccco1. The second-order valence-corrected chi connectivity index (χ2v) is 3.84. The van der Waals surface area contributed by atoms with Gasteiger partial charge in [0.1, 0.15) is 22.9 Å². The summed E-state index contributed by atoms with van der Waals surface area (Å²) in [5, 5.41) is 12.0. The molecule has 1 aromatic carbocycles. The number of carbonyl (C=O) groups is 1. The van der Waals surface area contributed by atoms with Crippen molar-refractivity contribution in [1.82, 2.24) is 5.32 Å². The summed E-state index contributed by atoms with van der Waals surface area (Å²) >= 11 is 0. The van der Waals surface area contributed by atoms with Crippen LogP contribution < -0.4 is 5.32 Å². The standard InChI is InChI=1S/C13H12FNO3/c1-8(11-6-3-7-18-11)15-13(17)12-9(14)4-2-5-10(12)16/h2-8,16H,1H3,(H,15,17)/t8-/m0/s1. The van der Waals surface area contributed by atoms with Crippen LogP contribution in [0.25, 0.3) is 0 Å². The molecule has 0 radical (unpaired) electrons. The third-order valence-electron chi connectivity index (χ3n) is 2.54. The first-order valence-electron chi connectivity index (χ1n) is 5.41. The lowest BCUT2D eigenvalue weighted by Crippen LogP contribution is -2.27. The maximum atomic E-state index is 13.4. The van der Waals surface area contributed by atoms with E-state index < -0.39 is 17.8 Å². The van der Waals surface area contributed by atoms with E-state index in [1.165, 1.54) is 18.4 Å². The van der Waals surface area contributed by atoms with Gasteiger partial charge in [-0.3, -0.25) is 4.79 Å². The Kier molecular flexibility index (Phi) is 3.32. The molecule has 2 aromatic rings. The summed E-state index contributed by atoms with van der Waals surface area (Å²) in [6.45, 7) is 1.70. The summed E-state index contributed by atoms with van der Waals surface area (Å²) < 4.78 is 18.6. The molecule has 0 saturated carbocycles. The monoisotopic (exact) mass is 249 g/mol. The summed E-state index contributed by atoms with van der Waals surface area (Å²) in [4.78, 5) is 11.8. The normalized spacial score (nSPS) is 12.1. The van der Waals surface area contributed by atoms with E-state index in [2.05, 4.69) is 5.32 Å². The minimum Gasteiger partial charge on any atom is -0.507 e. The Morgan fingerprint density at radius 3 is 2.78 bits per heavy atom. The Bertz CT molecular complexity index is 531. The van der Waals surface area contributed by atoms with Gasteiger partial charge < -0.3 is 14.8 Å². The van der Waals surface area contributed by atoms with Crippen LogP contribution in [0, 0.1) is 5.82 Å². The van der Waals surface area contributed by atoms with Crippen LogP contribution in [0.4, 0.5) is 4.39 Å². The quantitative estimate of drug-likeness (QED) is 0.878. The number of amides is 1. The molecule has 94 valence electrons. The molecular formula is C13H12FNO3. The van der Waals surface area contributed by atoms with Crippen molar-refractivity contribution in [2.24, 2.45) is 0 Å². The molecule has 18 heavy (non-hydrogen) atoms. The largest absolute Gasteiger partial charge is 0.507 e. The molecule has 1 amide bonds. The van der Waals surface area contributed by atoms with Gasteiger partial charge in [-0.05, 0) is 31.2 Å². The molecule has 2 rings (SSSR count). The Morgan fingerprint density at radius 1 is 1.39 bits per heavy atom. The van der Waals surface area contributed by atoms with E-state index in [0.29, 0.717) is 5.76 Å². The fourth-order valence-electron chi connectivity index (χ4n) is 1.62. The van der Waals surface area contributed by atoms with E-state index in [0.717, 1.165) is 6.07 Å². The number of benzene rings is 1. The molecule has 0 aliphatic heterocycles. The predicted molar refractivity (Wildman–Crippen MR) is 62.7 cm³/mol. The van der Waals surface area contributed by atoms with Gasteiger partial charge in [0.2, 0.25) is 0 Å². The zero-order valence-electron chi connectivity index (χ0n) is 9.68. The van der Waals surface area contributed by atoms with Crippen LogP contribution in [0.3, 0.4) is 0 Å². The molecular weight excluding hydrogens is 237 g/mol. The molecule has 0 spiro atoms. The summed E-state index contributed by atoms with van der Waals surface area (Å²) in [5.74, 6) is -1.29. The van der Waals surface area contributed by atoms with Crippen molar-refractivity contribution in [3.05, 3.63) is 53.7 Å². The van der Waals surface area contributed by atoms with Crippen molar-refractivity contribution in [3.8, 4) is 5.75 Å². The number of hydrogen-bond donors (Lipinski definition) is 2. The van der Waals surface area contributed by atoms with Crippen LogP contribution in [-0.2, 0) is 0 Å². The van der Waals surface area contributed by atoms with Crippen molar-refractivity contribution >= 4 is 5.91 Å². The molecule has 0 bridgehead atoms. The van der Waals surface area contributed by atoms with E-state index in [-0.39, 0.29) is 11.3 Å². The van der Waals surface area contributed by atoms with Crippen LogP contribution in [0.15, 0.2) is 41.0 Å². The highest BCUT2D eigenvalue weighted by molar-refractivity contribution is 5.97. The molecule has 0 fully saturated rings. The number of phenolic OH excluding ortho intramolecular Hbond substituents is 1. The fourth-order valence-corrected chi connectivity index (χ4v) is 1.62. The molecule has 0 unspecified atom stereocenters. The van der Waals surface area contributed by atoms with Crippen molar-refractivity contribution in [3.63, 3.8) is 0 Å². The molecule has 1 aromatic heterocycles. The third kappa shape index (κ3) is 2.34. The number of halogens is 1. The van der Waals surface area contributed by atoms with Gasteiger partial charge >= 0.3 is 0 Å². The van der Waals surface area contributed by atoms with E-state index in [4.69, 9.17) is 4.42 Å². The topological polar surface area (TPSA) is 62.5 Å². The maximum Gasteiger partial charge on any atom is 0.258 e. The third-order valence-corrected chi connectivity index (χ3v) is 2.54. The molecule has 2 N–H and O–H groups in total. The summed E-state index contributed by atoms with van der Waals surface area (Å²) in [6.07, 6.45) is 1.48. The number of phenols is 1. The number of carbonyl (C=O) groups excluding carboxylic acids is 1. The first kappa shape index (κ1) is 12.2. The van der Waals surface area contributed by atoms with Crippen LogP contribution >= 0.6 is 0 Å². The molecule has 0 aliphatic carbocycles. The lowest BCUT2D eigenvalue weighted by Gasteiger charge is -2.12. The zero-order chi connectivity index (χ0) is 13.1. The van der Waals surface area contributed by atoms with Crippen molar-refractivity contribution < 1.29 is 18.7 Å². The highest BCUT2D eigenvalue weighted by Gasteiger charge is 2.19. The van der Waals surface area contributed by atoms with Crippen LogP contribution in [-0.4, -0.2) is 11.0 Å². The average Bonchev–Trinajstić information content (AvgIpc) is 2.81. The Balaban J connectivity index is 2.18. The van der Waals surface area contributed by atoms with Crippen LogP contribution in [0.2, 0.25) is 0 Å². The first-order valence-corrected chi connectivity index (χ1v) is 5.41. The van der Waals surface area contributed by atoms with Gasteiger partial charge in [-0.25, -0.2) is 4.39 Å². The smallest absolute Gasteiger partial charge is 0.258 e. The van der Waals surface area contributed by atoms with Crippen molar-refractivity contribution in [2.75, 3.05) is 0 Å². The van der Waals surface area contributed by atoms with E-state index in [9.17, 15) is 14.3 Å². The van der Waals surface area contributed by atoms with E-state index in [1.807, 2.05) is 0 Å². The van der Waals surface area contributed by atoms with E-state index in [1.54, 1.807) is 19.1 Å². The molecule has 4 nitrogen and oxygen atoms in total. The lowest BCUT2D eigenvalue weighted by molar-refractivity contribution is 0.0928. The predicted octanol–water partition coefficient (Wildman–Crippen LogP) is 2.62. The first-order chi connectivity index (χ1) is 8.59. The molecule has 1 atom stereocenters. The van der Waals surface area contributed by atoms with Gasteiger partial charge in [0.15, 0.2) is 0 Å². The average molecular weight is 249 g/mol. The zero-order valence-corrected chi connectivity index (χ0v) is 9.68. The number of rotatable bonds is 3. The molecule has 0 aliphatic rings. The highest BCUT2D eigenvalue weighted by atomic mass is 19.1. The molecule has 1 heterocycles. The minimum atomic E-state index is -0.765. The second-order valence-electron chi connectivity index (χ2n) is 3.84. The number of hydrogen-bond acceptors (Lipinski definition) is 3. The minimum absolute atomic E-state index is 0.365. The van der Waals surface area contributed by atoms with Gasteiger partial charge in [-0.2, -0.15) is 0 Å². The number of nitrogens with one attached hydrogen (secondary N) is 1. The van der Waals surface area contributed by atoms with E-state index >= 15 is 0 Å². The summed E-state index contributed by atoms with van der Waals surface area (Å²) in [7, 11) is 0. The lowest BCUT2D eigenvalue weighted by atomic mass is 10.1. The van der Waals surface area contributed by atoms with Gasteiger partial charge in [0.05, 0.1) is 12.3 Å². The Morgan fingerprint density at radius 2 is 2.17 bits per heavy atom.